The molecule has 4 nitrogen and oxygen atoms in total. The van der Waals surface area contributed by atoms with Crippen LogP contribution in [-0.2, 0) is 0 Å². The lowest BCUT2D eigenvalue weighted by atomic mass is 10.1. The molecule has 1 fully saturated rings. The van der Waals surface area contributed by atoms with Crippen LogP contribution in [0.5, 0.6) is 0 Å². The number of nitrogens with zero attached hydrogens (tertiary/aromatic N) is 1. The fourth-order valence-electron chi connectivity index (χ4n) is 2.34. The van der Waals surface area contributed by atoms with Crippen LogP contribution in [0.25, 0.3) is 0 Å². The van der Waals surface area contributed by atoms with Gasteiger partial charge in [-0.05, 0) is 38.5 Å². The molecule has 19 heavy (non-hydrogen) atoms. The van der Waals surface area contributed by atoms with E-state index in [0.717, 1.165) is 31.7 Å². The first-order valence-electron chi connectivity index (χ1n) is 6.95. The molecule has 0 atom stereocenters. The minimum absolute atomic E-state index is 0.00591. The smallest absolute Gasteiger partial charge is 0.251 e. The number of aryl methyl sites for hydroxylation is 1. The second-order valence-corrected chi connectivity index (χ2v) is 5.37. The molecule has 1 amide bonds. The Labute approximate surface area is 115 Å². The van der Waals surface area contributed by atoms with Crippen LogP contribution in [0.4, 0.5) is 5.69 Å². The van der Waals surface area contributed by atoms with Gasteiger partial charge in [0, 0.05) is 43.5 Å². The lowest BCUT2D eigenvalue weighted by Gasteiger charge is -2.31. The van der Waals surface area contributed by atoms with Crippen molar-refractivity contribution in [3.8, 4) is 0 Å². The average Bonchev–Trinajstić information content (AvgIpc) is 2.39. The predicted octanol–water partition coefficient (Wildman–Crippen LogP) is 1.54. The van der Waals surface area contributed by atoms with Gasteiger partial charge in [0.25, 0.3) is 5.91 Å². The molecule has 0 aliphatic carbocycles. The highest BCUT2D eigenvalue weighted by Crippen LogP contribution is 2.22. The van der Waals surface area contributed by atoms with Gasteiger partial charge in [-0.2, -0.15) is 0 Å². The molecule has 0 aromatic heterocycles. The zero-order chi connectivity index (χ0) is 13.8. The summed E-state index contributed by atoms with van der Waals surface area (Å²) in [5, 5.41) is 6.29. The summed E-state index contributed by atoms with van der Waals surface area (Å²) >= 11 is 0. The summed E-state index contributed by atoms with van der Waals surface area (Å²) < 4.78 is 0. The van der Waals surface area contributed by atoms with Crippen molar-refractivity contribution in [2.24, 2.45) is 0 Å². The molecule has 1 aromatic carbocycles. The van der Waals surface area contributed by atoms with E-state index in [1.807, 2.05) is 32.0 Å². The molecule has 1 aliphatic heterocycles. The van der Waals surface area contributed by atoms with E-state index in [0.29, 0.717) is 0 Å². The summed E-state index contributed by atoms with van der Waals surface area (Å²) in [6.07, 6.45) is 0. The Hall–Kier alpha value is -1.55. The fraction of sp³-hybridized carbons (Fsp3) is 0.533. The standard InChI is InChI=1S/C15H23N3O/c1-11(2)17-15(19)13-5-4-12(3)14(10-13)18-8-6-16-7-9-18/h4-5,10-11,16H,6-9H2,1-3H3,(H,17,19). The molecule has 0 radical (unpaired) electrons. The SMILES string of the molecule is Cc1ccc(C(=O)NC(C)C)cc1N1CCNCC1. The van der Waals surface area contributed by atoms with Crippen molar-refractivity contribution < 1.29 is 4.79 Å². The van der Waals surface area contributed by atoms with Crippen molar-refractivity contribution in [2.75, 3.05) is 31.1 Å². The number of hydrogen-bond donors (Lipinski definition) is 2. The summed E-state index contributed by atoms with van der Waals surface area (Å²) in [7, 11) is 0. The average molecular weight is 261 g/mol. The summed E-state index contributed by atoms with van der Waals surface area (Å²) in [5.41, 5.74) is 3.15. The number of hydrogen-bond acceptors (Lipinski definition) is 3. The largest absolute Gasteiger partial charge is 0.369 e. The van der Waals surface area contributed by atoms with E-state index in [4.69, 9.17) is 0 Å². The molecule has 0 saturated carbocycles. The van der Waals surface area contributed by atoms with Crippen molar-refractivity contribution in [2.45, 2.75) is 26.8 Å². The Kier molecular flexibility index (Phi) is 4.43. The number of carbonyl (C=O) groups excluding carboxylic acids is 1. The molecule has 0 bridgehead atoms. The van der Waals surface area contributed by atoms with E-state index in [-0.39, 0.29) is 11.9 Å². The van der Waals surface area contributed by atoms with Crippen LogP contribution in [-0.4, -0.2) is 38.1 Å². The van der Waals surface area contributed by atoms with Crippen molar-refractivity contribution in [3.63, 3.8) is 0 Å². The Balaban J connectivity index is 2.21. The zero-order valence-electron chi connectivity index (χ0n) is 12.0. The van der Waals surface area contributed by atoms with Crippen molar-refractivity contribution in [1.82, 2.24) is 10.6 Å². The van der Waals surface area contributed by atoms with Gasteiger partial charge in [0.05, 0.1) is 0 Å². The second kappa shape index (κ2) is 6.06. The van der Waals surface area contributed by atoms with Crippen molar-refractivity contribution >= 4 is 11.6 Å². The molecule has 1 heterocycles. The van der Waals surface area contributed by atoms with Gasteiger partial charge in [-0.1, -0.05) is 6.07 Å². The highest BCUT2D eigenvalue weighted by molar-refractivity contribution is 5.95. The monoisotopic (exact) mass is 261 g/mol. The van der Waals surface area contributed by atoms with Gasteiger partial charge < -0.3 is 15.5 Å². The van der Waals surface area contributed by atoms with Crippen LogP contribution >= 0.6 is 0 Å². The molecule has 1 aromatic rings. The van der Waals surface area contributed by atoms with Crippen LogP contribution in [0.3, 0.4) is 0 Å². The molecular formula is C15H23N3O. The van der Waals surface area contributed by atoms with Gasteiger partial charge >= 0.3 is 0 Å². The maximum absolute atomic E-state index is 12.1. The summed E-state index contributed by atoms with van der Waals surface area (Å²) in [4.78, 5) is 14.4. The van der Waals surface area contributed by atoms with E-state index < -0.39 is 0 Å². The number of rotatable bonds is 3. The number of benzene rings is 1. The van der Waals surface area contributed by atoms with E-state index >= 15 is 0 Å². The normalized spacial score (nSPS) is 15.7. The highest BCUT2D eigenvalue weighted by Gasteiger charge is 2.15. The summed E-state index contributed by atoms with van der Waals surface area (Å²) in [5.74, 6) is 0.00591. The van der Waals surface area contributed by atoms with Crippen molar-refractivity contribution in [3.05, 3.63) is 29.3 Å². The van der Waals surface area contributed by atoms with Gasteiger partial charge in [0.2, 0.25) is 0 Å². The maximum Gasteiger partial charge on any atom is 0.251 e. The molecule has 104 valence electrons. The Morgan fingerprint density at radius 2 is 2.00 bits per heavy atom. The zero-order valence-corrected chi connectivity index (χ0v) is 12.0. The minimum atomic E-state index is 0.00591. The lowest BCUT2D eigenvalue weighted by Crippen LogP contribution is -2.43. The van der Waals surface area contributed by atoms with Crippen molar-refractivity contribution in [1.29, 1.82) is 0 Å². The van der Waals surface area contributed by atoms with Crippen LogP contribution in [0.15, 0.2) is 18.2 Å². The molecule has 2 rings (SSSR count). The Morgan fingerprint density at radius 3 is 2.63 bits per heavy atom. The third kappa shape index (κ3) is 3.47. The van der Waals surface area contributed by atoms with Gasteiger partial charge in [-0.25, -0.2) is 0 Å². The third-order valence-electron chi connectivity index (χ3n) is 3.35. The second-order valence-electron chi connectivity index (χ2n) is 5.37. The number of anilines is 1. The quantitative estimate of drug-likeness (QED) is 0.867. The molecule has 4 heteroatoms. The number of nitrogens with one attached hydrogen (secondary N) is 2. The first kappa shape index (κ1) is 13.9. The minimum Gasteiger partial charge on any atom is -0.369 e. The summed E-state index contributed by atoms with van der Waals surface area (Å²) in [6, 6.07) is 6.11. The number of amides is 1. The number of piperazine rings is 1. The Bertz CT molecular complexity index is 451. The lowest BCUT2D eigenvalue weighted by molar-refractivity contribution is 0.0943. The van der Waals surface area contributed by atoms with Crippen LogP contribution in [0, 0.1) is 6.92 Å². The first-order chi connectivity index (χ1) is 9.08. The highest BCUT2D eigenvalue weighted by atomic mass is 16.1. The van der Waals surface area contributed by atoms with Crippen LogP contribution < -0.4 is 15.5 Å². The maximum atomic E-state index is 12.1. The molecule has 1 aliphatic rings. The molecular weight excluding hydrogens is 238 g/mol. The van der Waals surface area contributed by atoms with Gasteiger partial charge in [-0.3, -0.25) is 4.79 Å². The van der Waals surface area contributed by atoms with Gasteiger partial charge in [0.1, 0.15) is 0 Å². The molecule has 0 unspecified atom stereocenters. The van der Waals surface area contributed by atoms with E-state index in [9.17, 15) is 4.79 Å². The van der Waals surface area contributed by atoms with Gasteiger partial charge in [0.15, 0.2) is 0 Å². The molecule has 2 N–H and O–H groups in total. The third-order valence-corrected chi connectivity index (χ3v) is 3.35. The topological polar surface area (TPSA) is 44.4 Å². The fourth-order valence-corrected chi connectivity index (χ4v) is 2.34. The molecule has 1 saturated heterocycles. The van der Waals surface area contributed by atoms with E-state index in [1.165, 1.54) is 11.3 Å². The predicted molar refractivity (Wildman–Crippen MR) is 78.9 cm³/mol. The van der Waals surface area contributed by atoms with E-state index in [2.05, 4.69) is 22.5 Å². The first-order valence-corrected chi connectivity index (χ1v) is 6.95. The van der Waals surface area contributed by atoms with Crippen LogP contribution in [0.1, 0.15) is 29.8 Å². The molecule has 0 spiro atoms. The van der Waals surface area contributed by atoms with E-state index in [1.54, 1.807) is 0 Å². The van der Waals surface area contributed by atoms with Gasteiger partial charge in [-0.15, -0.1) is 0 Å². The summed E-state index contributed by atoms with van der Waals surface area (Å²) in [6.45, 7) is 10.0. The van der Waals surface area contributed by atoms with Crippen LogP contribution in [0.2, 0.25) is 0 Å². The number of carbonyl (C=O) groups is 1. The Morgan fingerprint density at radius 1 is 1.32 bits per heavy atom.